The minimum absolute atomic E-state index is 0.614. The maximum absolute atomic E-state index is 2.21. The third kappa shape index (κ3) is 2.18. The molecular weight excluding hydrogens is 275 g/mol. The molecule has 1 heteroatoms. The molecule has 68 valence electrons. The van der Waals surface area contributed by atoms with E-state index in [9.17, 15) is 0 Å². The Morgan fingerprint density at radius 2 is 1.00 bits per heavy atom. The van der Waals surface area contributed by atoms with Crippen LogP contribution in [0.3, 0.4) is 0 Å². The molecule has 0 unspecified atom stereocenters. The summed E-state index contributed by atoms with van der Waals surface area (Å²) in [5.41, 5.74) is 2.86. The zero-order valence-corrected chi connectivity index (χ0v) is 11.2. The topological polar surface area (TPSA) is 0 Å². The van der Waals surface area contributed by atoms with Gasteiger partial charge in [0, 0.05) is 0 Å². The molecule has 0 spiro atoms. The van der Waals surface area contributed by atoms with Gasteiger partial charge < -0.3 is 0 Å². The molecule has 0 amide bonds. The van der Waals surface area contributed by atoms with E-state index in [1.165, 1.54) is 33.7 Å². The molecule has 0 fully saturated rings. The van der Waals surface area contributed by atoms with Gasteiger partial charge in [-0.1, -0.05) is 0 Å². The number of hydrogen-bond acceptors (Lipinski definition) is 0. The van der Waals surface area contributed by atoms with E-state index in [0.29, 0.717) is 3.93 Å². The van der Waals surface area contributed by atoms with Crippen LogP contribution in [0.25, 0.3) is 0 Å². The molecular formula is C13H12Sn. The summed E-state index contributed by atoms with van der Waals surface area (Å²) in [4.78, 5) is 0. The molecule has 2 aromatic rings. The Morgan fingerprint density at radius 3 is 1.36 bits per heavy atom. The molecule has 0 aliphatic rings. The fraction of sp³-hybridized carbons (Fsp3) is 0.0769. The molecule has 2 radical (unpaired) electrons. The van der Waals surface area contributed by atoms with Gasteiger partial charge in [-0.25, -0.2) is 0 Å². The van der Waals surface area contributed by atoms with Gasteiger partial charge in [-0.2, -0.15) is 0 Å². The van der Waals surface area contributed by atoms with Crippen molar-refractivity contribution in [3.63, 3.8) is 0 Å². The summed E-state index contributed by atoms with van der Waals surface area (Å²) in [7, 11) is 0. The van der Waals surface area contributed by atoms with Gasteiger partial charge in [0.2, 0.25) is 0 Å². The summed E-state index contributed by atoms with van der Waals surface area (Å²) in [5.74, 6) is 0. The van der Waals surface area contributed by atoms with Crippen molar-refractivity contribution in [2.45, 2.75) is 3.93 Å². The van der Waals surface area contributed by atoms with Crippen molar-refractivity contribution in [3.05, 3.63) is 71.8 Å². The van der Waals surface area contributed by atoms with Crippen LogP contribution in [-0.2, 0) is 0 Å². The van der Waals surface area contributed by atoms with Gasteiger partial charge in [-0.15, -0.1) is 0 Å². The van der Waals surface area contributed by atoms with E-state index in [4.69, 9.17) is 0 Å². The molecule has 0 aliphatic heterocycles. The van der Waals surface area contributed by atoms with Gasteiger partial charge in [0.1, 0.15) is 0 Å². The maximum atomic E-state index is 2.21. The van der Waals surface area contributed by atoms with Gasteiger partial charge in [-0.05, 0) is 0 Å². The summed E-state index contributed by atoms with van der Waals surface area (Å²) in [6.07, 6.45) is 0. The number of rotatable bonds is 2. The van der Waals surface area contributed by atoms with Crippen LogP contribution in [0.1, 0.15) is 15.1 Å². The molecule has 0 saturated carbocycles. The molecule has 0 N–H and O–H groups in total. The van der Waals surface area contributed by atoms with Crippen LogP contribution in [0.15, 0.2) is 60.7 Å². The van der Waals surface area contributed by atoms with Crippen molar-refractivity contribution in [1.82, 2.24) is 0 Å². The predicted octanol–water partition coefficient (Wildman–Crippen LogP) is 2.68. The van der Waals surface area contributed by atoms with E-state index in [2.05, 4.69) is 60.7 Å². The van der Waals surface area contributed by atoms with Crippen molar-refractivity contribution in [2.75, 3.05) is 0 Å². The average molecular weight is 287 g/mol. The Balaban J connectivity index is 2.30. The Kier molecular flexibility index (Phi) is 3.25. The van der Waals surface area contributed by atoms with Gasteiger partial charge in [0.15, 0.2) is 0 Å². The van der Waals surface area contributed by atoms with Crippen molar-refractivity contribution in [2.24, 2.45) is 0 Å². The third-order valence-corrected chi connectivity index (χ3v) is 4.51. The van der Waals surface area contributed by atoms with Crippen LogP contribution in [-0.4, -0.2) is 22.5 Å². The van der Waals surface area contributed by atoms with Crippen LogP contribution in [0.2, 0.25) is 0 Å². The molecule has 14 heavy (non-hydrogen) atoms. The zero-order chi connectivity index (χ0) is 9.80. The minimum atomic E-state index is 0.614. The van der Waals surface area contributed by atoms with Crippen LogP contribution in [0.4, 0.5) is 0 Å². The van der Waals surface area contributed by atoms with E-state index in [0.717, 1.165) is 0 Å². The van der Waals surface area contributed by atoms with Gasteiger partial charge in [0.05, 0.1) is 0 Å². The van der Waals surface area contributed by atoms with E-state index in [-0.39, 0.29) is 0 Å². The van der Waals surface area contributed by atoms with Gasteiger partial charge in [0.25, 0.3) is 0 Å². The van der Waals surface area contributed by atoms with Crippen LogP contribution >= 0.6 is 0 Å². The van der Waals surface area contributed by atoms with E-state index in [1.807, 2.05) is 0 Å². The average Bonchev–Trinajstić information content (AvgIpc) is 2.30. The first-order valence-electron chi connectivity index (χ1n) is 4.73. The standard InChI is InChI=1S/C13H11.Sn.H/c1-3-7-12(8-4-1)11-13-9-5-2-6-10-13;;/h1-11H;;. The second-order valence-corrected chi connectivity index (χ2v) is 5.20. The fourth-order valence-electron chi connectivity index (χ4n) is 1.51. The van der Waals surface area contributed by atoms with E-state index >= 15 is 0 Å². The van der Waals surface area contributed by atoms with Crippen molar-refractivity contribution in [1.29, 1.82) is 0 Å². The normalized spacial score (nSPS) is 10.4. The molecule has 0 heterocycles. The first-order valence-corrected chi connectivity index (χ1v) is 6.63. The molecule has 0 atom stereocenters. The number of benzene rings is 2. The Labute approximate surface area is 98.1 Å². The summed E-state index contributed by atoms with van der Waals surface area (Å²) in [6.45, 7) is 0. The molecule has 2 rings (SSSR count). The Bertz CT molecular complexity index is 341. The van der Waals surface area contributed by atoms with E-state index < -0.39 is 0 Å². The Morgan fingerprint density at radius 1 is 0.643 bits per heavy atom. The Hall–Kier alpha value is -0.761. The van der Waals surface area contributed by atoms with Crippen LogP contribution in [0.5, 0.6) is 0 Å². The molecule has 0 aromatic heterocycles. The summed E-state index contributed by atoms with van der Waals surface area (Å²) >= 11 is 1.23. The first-order chi connectivity index (χ1) is 6.88. The molecule has 0 nitrogen and oxygen atoms in total. The first kappa shape index (κ1) is 9.78. The second kappa shape index (κ2) is 4.65. The van der Waals surface area contributed by atoms with Crippen LogP contribution in [0, 0.1) is 0 Å². The summed E-state index contributed by atoms with van der Waals surface area (Å²) in [5, 5.41) is 0. The SMILES string of the molecule is [SnH][CH](c1ccccc1)c1ccccc1. The molecule has 0 saturated heterocycles. The molecule has 0 bridgehead atoms. The van der Waals surface area contributed by atoms with Crippen LogP contribution < -0.4 is 0 Å². The van der Waals surface area contributed by atoms with Crippen molar-refractivity contribution >= 4 is 22.5 Å². The fourth-order valence-corrected chi connectivity index (χ4v) is 2.78. The number of hydrogen-bond donors (Lipinski definition) is 0. The zero-order valence-electron chi connectivity index (χ0n) is 7.93. The van der Waals surface area contributed by atoms with E-state index in [1.54, 1.807) is 0 Å². The summed E-state index contributed by atoms with van der Waals surface area (Å²) in [6, 6.07) is 21.4. The second-order valence-electron chi connectivity index (χ2n) is 3.30. The third-order valence-electron chi connectivity index (χ3n) is 2.32. The van der Waals surface area contributed by atoms with Crippen molar-refractivity contribution in [3.8, 4) is 0 Å². The van der Waals surface area contributed by atoms with Gasteiger partial charge in [-0.3, -0.25) is 0 Å². The molecule has 0 aliphatic carbocycles. The molecule has 2 aromatic carbocycles. The van der Waals surface area contributed by atoms with Gasteiger partial charge >= 0.3 is 98.2 Å². The van der Waals surface area contributed by atoms with Crippen molar-refractivity contribution < 1.29 is 0 Å². The predicted molar refractivity (Wildman–Crippen MR) is 61.9 cm³/mol. The summed E-state index contributed by atoms with van der Waals surface area (Å²) < 4.78 is 0.614. The monoisotopic (exact) mass is 288 g/mol. The quantitative estimate of drug-likeness (QED) is 0.745.